The zero-order valence-corrected chi connectivity index (χ0v) is 14.8. The maximum atomic E-state index is 13.2. The van der Waals surface area contributed by atoms with E-state index in [0.29, 0.717) is 13.1 Å². The predicted molar refractivity (Wildman–Crippen MR) is 89.8 cm³/mol. The number of piperazine rings is 2. The molecule has 2 aliphatic heterocycles. The van der Waals surface area contributed by atoms with Crippen molar-refractivity contribution in [3.8, 4) is 0 Å². The third kappa shape index (κ3) is 4.35. The molecule has 0 bridgehead atoms. The maximum absolute atomic E-state index is 13.2. The molecule has 1 aromatic carbocycles. The molecular formula is C15H22F3N5O2S. The molecule has 4 N–H and O–H groups in total. The standard InChI is InChI=1S/C15H22F3N5O2S/c16-15(17,18)11-3-1-2-4-12(11)26(24,25)22-13-14(21-6-5-20-13)23-9-7-19-8-10-23/h1-4,13-14,19-22H,5-10H2. The van der Waals surface area contributed by atoms with Crippen LogP contribution < -0.4 is 20.7 Å². The minimum Gasteiger partial charge on any atom is -0.314 e. The summed E-state index contributed by atoms with van der Waals surface area (Å²) in [6.45, 7) is 4.14. The van der Waals surface area contributed by atoms with Crippen molar-refractivity contribution in [3.05, 3.63) is 29.8 Å². The molecule has 0 aromatic heterocycles. The summed E-state index contributed by atoms with van der Waals surface area (Å²) in [5, 5.41) is 9.51. The van der Waals surface area contributed by atoms with Crippen LogP contribution in [-0.4, -0.2) is 64.9 Å². The Morgan fingerprint density at radius 1 is 1.04 bits per heavy atom. The van der Waals surface area contributed by atoms with Crippen molar-refractivity contribution >= 4 is 10.0 Å². The number of nitrogens with zero attached hydrogens (tertiary/aromatic N) is 1. The van der Waals surface area contributed by atoms with E-state index in [4.69, 9.17) is 0 Å². The highest BCUT2D eigenvalue weighted by Crippen LogP contribution is 2.34. The number of hydrogen-bond donors (Lipinski definition) is 4. The molecule has 11 heteroatoms. The number of hydrogen-bond acceptors (Lipinski definition) is 6. The fraction of sp³-hybridized carbons (Fsp3) is 0.600. The first-order valence-electron chi connectivity index (χ1n) is 8.39. The molecule has 1 aromatic rings. The molecular weight excluding hydrogens is 371 g/mol. The van der Waals surface area contributed by atoms with Gasteiger partial charge in [-0.25, -0.2) is 8.42 Å². The van der Waals surface area contributed by atoms with Crippen LogP contribution >= 0.6 is 0 Å². The zero-order valence-electron chi connectivity index (χ0n) is 14.0. The molecule has 0 aliphatic carbocycles. The molecule has 0 amide bonds. The lowest BCUT2D eigenvalue weighted by Crippen LogP contribution is -2.70. The topological polar surface area (TPSA) is 85.5 Å². The number of nitrogens with one attached hydrogen (secondary N) is 4. The van der Waals surface area contributed by atoms with E-state index in [1.807, 2.05) is 0 Å². The summed E-state index contributed by atoms with van der Waals surface area (Å²) in [5.41, 5.74) is -1.17. The Morgan fingerprint density at radius 3 is 2.38 bits per heavy atom. The summed E-state index contributed by atoms with van der Waals surface area (Å²) in [6.07, 6.45) is -5.81. The monoisotopic (exact) mass is 393 g/mol. The zero-order chi connectivity index (χ0) is 18.8. The Bertz CT molecular complexity index is 722. The van der Waals surface area contributed by atoms with Gasteiger partial charge in [0.05, 0.1) is 16.6 Å². The smallest absolute Gasteiger partial charge is 0.314 e. The molecule has 7 nitrogen and oxygen atoms in total. The summed E-state index contributed by atoms with van der Waals surface area (Å²) in [6, 6.07) is 4.20. The third-order valence-electron chi connectivity index (χ3n) is 4.47. The van der Waals surface area contributed by atoms with Crippen LogP contribution in [0.4, 0.5) is 13.2 Å². The van der Waals surface area contributed by atoms with Gasteiger partial charge in [-0.3, -0.25) is 15.5 Å². The van der Waals surface area contributed by atoms with Gasteiger partial charge in [-0.05, 0) is 12.1 Å². The lowest BCUT2D eigenvalue weighted by atomic mass is 10.2. The molecule has 0 saturated carbocycles. The van der Waals surface area contributed by atoms with Crippen molar-refractivity contribution in [1.82, 2.24) is 25.6 Å². The first kappa shape index (κ1) is 19.5. The molecule has 2 atom stereocenters. The normalized spacial score (nSPS) is 26.0. The largest absolute Gasteiger partial charge is 0.417 e. The van der Waals surface area contributed by atoms with Crippen LogP contribution in [0.3, 0.4) is 0 Å². The van der Waals surface area contributed by atoms with E-state index in [0.717, 1.165) is 38.3 Å². The van der Waals surface area contributed by atoms with E-state index in [9.17, 15) is 21.6 Å². The first-order valence-corrected chi connectivity index (χ1v) is 9.87. The first-order chi connectivity index (χ1) is 12.3. The Balaban J connectivity index is 1.84. The highest BCUT2D eigenvalue weighted by atomic mass is 32.2. The van der Waals surface area contributed by atoms with Gasteiger partial charge in [0, 0.05) is 39.3 Å². The van der Waals surface area contributed by atoms with Crippen LogP contribution in [-0.2, 0) is 16.2 Å². The third-order valence-corrected chi connectivity index (χ3v) is 5.97. The Kier molecular flexibility index (Phi) is 5.85. The van der Waals surface area contributed by atoms with Crippen molar-refractivity contribution in [3.63, 3.8) is 0 Å². The van der Waals surface area contributed by atoms with Gasteiger partial charge >= 0.3 is 6.18 Å². The molecule has 3 rings (SSSR count). The van der Waals surface area contributed by atoms with E-state index < -0.39 is 32.8 Å². The van der Waals surface area contributed by atoms with Crippen molar-refractivity contribution < 1.29 is 21.6 Å². The van der Waals surface area contributed by atoms with E-state index >= 15 is 0 Å². The van der Waals surface area contributed by atoms with Gasteiger partial charge in [-0.2, -0.15) is 17.9 Å². The Hall–Kier alpha value is -1.24. The lowest BCUT2D eigenvalue weighted by molar-refractivity contribution is -0.139. The van der Waals surface area contributed by atoms with E-state index in [-0.39, 0.29) is 6.17 Å². The number of alkyl halides is 3. The molecule has 2 saturated heterocycles. The molecule has 0 radical (unpaired) electrons. The average Bonchev–Trinajstić information content (AvgIpc) is 2.62. The van der Waals surface area contributed by atoms with Crippen LogP contribution in [0, 0.1) is 0 Å². The fourth-order valence-electron chi connectivity index (χ4n) is 3.25. The minimum absolute atomic E-state index is 0.335. The number of sulfonamides is 1. The van der Waals surface area contributed by atoms with E-state index in [1.165, 1.54) is 12.1 Å². The van der Waals surface area contributed by atoms with Gasteiger partial charge in [0.15, 0.2) is 0 Å². The number of rotatable bonds is 4. The van der Waals surface area contributed by atoms with Crippen LogP contribution in [0.2, 0.25) is 0 Å². The second-order valence-electron chi connectivity index (χ2n) is 6.23. The maximum Gasteiger partial charge on any atom is 0.417 e. The highest BCUT2D eigenvalue weighted by molar-refractivity contribution is 7.89. The predicted octanol–water partition coefficient (Wildman–Crippen LogP) is -0.266. The van der Waals surface area contributed by atoms with Crippen LogP contribution in [0.15, 0.2) is 29.2 Å². The average molecular weight is 393 g/mol. The summed E-state index contributed by atoms with van der Waals surface area (Å²) < 4.78 is 67.3. The fourth-order valence-corrected chi connectivity index (χ4v) is 4.65. The summed E-state index contributed by atoms with van der Waals surface area (Å²) >= 11 is 0. The molecule has 2 aliphatic rings. The number of benzene rings is 1. The summed E-state index contributed by atoms with van der Waals surface area (Å²) in [7, 11) is -4.36. The second kappa shape index (κ2) is 7.79. The van der Waals surface area contributed by atoms with Crippen LogP contribution in [0.1, 0.15) is 5.56 Å². The molecule has 26 heavy (non-hydrogen) atoms. The van der Waals surface area contributed by atoms with Crippen molar-refractivity contribution in [2.45, 2.75) is 23.4 Å². The molecule has 2 unspecified atom stereocenters. The number of halogens is 3. The lowest BCUT2D eigenvalue weighted by Gasteiger charge is -2.42. The summed E-state index contributed by atoms with van der Waals surface area (Å²) in [4.78, 5) is 1.31. The highest BCUT2D eigenvalue weighted by Gasteiger charge is 2.39. The SMILES string of the molecule is O=S(=O)(NC1NCCNC1N1CCNCC1)c1ccccc1C(F)(F)F. The van der Waals surface area contributed by atoms with Crippen molar-refractivity contribution in [1.29, 1.82) is 0 Å². The van der Waals surface area contributed by atoms with E-state index in [2.05, 4.69) is 25.6 Å². The molecule has 0 spiro atoms. The molecule has 2 fully saturated rings. The van der Waals surface area contributed by atoms with Gasteiger partial charge in [0.2, 0.25) is 10.0 Å². The molecule has 2 heterocycles. The quantitative estimate of drug-likeness (QED) is 0.564. The van der Waals surface area contributed by atoms with Gasteiger partial charge < -0.3 is 5.32 Å². The Labute approximate surface area is 150 Å². The minimum atomic E-state index is -4.75. The van der Waals surface area contributed by atoms with Crippen LogP contribution in [0.5, 0.6) is 0 Å². The Morgan fingerprint density at radius 2 is 1.69 bits per heavy atom. The van der Waals surface area contributed by atoms with Gasteiger partial charge in [0.25, 0.3) is 0 Å². The van der Waals surface area contributed by atoms with Gasteiger partial charge in [-0.15, -0.1) is 0 Å². The van der Waals surface area contributed by atoms with Gasteiger partial charge in [0.1, 0.15) is 6.17 Å². The summed E-state index contributed by atoms with van der Waals surface area (Å²) in [5.74, 6) is 0. The van der Waals surface area contributed by atoms with Gasteiger partial charge in [-0.1, -0.05) is 12.1 Å². The second-order valence-corrected chi connectivity index (χ2v) is 7.91. The van der Waals surface area contributed by atoms with Crippen LogP contribution in [0.25, 0.3) is 0 Å². The van der Waals surface area contributed by atoms with Crippen molar-refractivity contribution in [2.24, 2.45) is 0 Å². The molecule has 146 valence electrons. The van der Waals surface area contributed by atoms with Crippen molar-refractivity contribution in [2.75, 3.05) is 39.3 Å². The van der Waals surface area contributed by atoms with E-state index in [1.54, 1.807) is 0 Å².